The number of halogens is 1. The molecule has 110 valence electrons. The van der Waals surface area contributed by atoms with Crippen LogP contribution in [0.1, 0.15) is 10.4 Å². The van der Waals surface area contributed by atoms with Crippen molar-refractivity contribution in [3.8, 4) is 5.75 Å². The van der Waals surface area contributed by atoms with Crippen LogP contribution in [0.3, 0.4) is 0 Å². The Kier molecular flexibility index (Phi) is 3.94. The number of pyridine rings is 1. The molecule has 1 amide bonds. The molecule has 0 unspecified atom stereocenters. The van der Waals surface area contributed by atoms with Crippen LogP contribution in [0.2, 0.25) is 5.02 Å². The first kappa shape index (κ1) is 14.4. The number of hydrogen-bond donors (Lipinski definition) is 1. The highest BCUT2D eigenvalue weighted by Crippen LogP contribution is 2.25. The van der Waals surface area contributed by atoms with Crippen molar-refractivity contribution < 1.29 is 9.53 Å². The van der Waals surface area contributed by atoms with Gasteiger partial charge in [0.05, 0.1) is 18.3 Å². The predicted octanol–water partition coefficient (Wildman–Crippen LogP) is 4.15. The number of carbonyl (C=O) groups is 1. The van der Waals surface area contributed by atoms with E-state index in [2.05, 4.69) is 10.3 Å². The van der Waals surface area contributed by atoms with Crippen LogP contribution in [0, 0.1) is 0 Å². The molecule has 1 N–H and O–H groups in total. The molecule has 1 aromatic heterocycles. The van der Waals surface area contributed by atoms with E-state index in [0.29, 0.717) is 22.0 Å². The first-order valence-corrected chi connectivity index (χ1v) is 7.05. The largest absolute Gasteiger partial charge is 0.497 e. The number of carbonyl (C=O) groups excluding carboxylic acids is 1. The quantitative estimate of drug-likeness (QED) is 0.790. The Morgan fingerprint density at radius 1 is 1.14 bits per heavy atom. The minimum Gasteiger partial charge on any atom is -0.497 e. The SMILES string of the molecule is COc1ccc(C(=O)Nc2ccnc3cc(Cl)ccc23)cc1. The van der Waals surface area contributed by atoms with Crippen LogP contribution >= 0.6 is 11.6 Å². The monoisotopic (exact) mass is 312 g/mol. The molecular formula is C17H13ClN2O2. The van der Waals surface area contributed by atoms with Gasteiger partial charge in [-0.3, -0.25) is 9.78 Å². The number of fused-ring (bicyclic) bond motifs is 1. The number of benzene rings is 2. The van der Waals surface area contributed by atoms with Gasteiger partial charge in [0, 0.05) is 22.2 Å². The molecule has 0 aliphatic rings. The molecule has 4 nitrogen and oxygen atoms in total. The number of rotatable bonds is 3. The number of nitrogens with one attached hydrogen (secondary N) is 1. The molecule has 2 aromatic carbocycles. The molecule has 0 saturated heterocycles. The highest BCUT2D eigenvalue weighted by molar-refractivity contribution is 6.31. The van der Waals surface area contributed by atoms with E-state index in [0.717, 1.165) is 10.9 Å². The van der Waals surface area contributed by atoms with Crippen molar-refractivity contribution in [2.75, 3.05) is 12.4 Å². The lowest BCUT2D eigenvalue weighted by molar-refractivity contribution is 0.102. The Morgan fingerprint density at radius 3 is 2.64 bits per heavy atom. The molecule has 0 saturated carbocycles. The highest BCUT2D eigenvalue weighted by atomic mass is 35.5. The fourth-order valence-electron chi connectivity index (χ4n) is 2.17. The van der Waals surface area contributed by atoms with E-state index >= 15 is 0 Å². The number of hydrogen-bond acceptors (Lipinski definition) is 3. The van der Waals surface area contributed by atoms with Crippen molar-refractivity contribution in [2.45, 2.75) is 0 Å². The molecule has 0 aliphatic heterocycles. The van der Waals surface area contributed by atoms with E-state index < -0.39 is 0 Å². The van der Waals surface area contributed by atoms with Gasteiger partial charge in [-0.2, -0.15) is 0 Å². The zero-order valence-electron chi connectivity index (χ0n) is 11.8. The summed E-state index contributed by atoms with van der Waals surface area (Å²) in [5, 5.41) is 4.35. The third kappa shape index (κ3) is 2.87. The van der Waals surface area contributed by atoms with Gasteiger partial charge in [0.25, 0.3) is 5.91 Å². The van der Waals surface area contributed by atoms with Gasteiger partial charge < -0.3 is 10.1 Å². The van der Waals surface area contributed by atoms with Crippen molar-refractivity contribution in [1.82, 2.24) is 4.98 Å². The number of methoxy groups -OCH3 is 1. The second-order valence-electron chi connectivity index (χ2n) is 4.70. The molecule has 0 radical (unpaired) electrons. The van der Waals surface area contributed by atoms with Gasteiger partial charge in [-0.05, 0) is 48.5 Å². The van der Waals surface area contributed by atoms with Gasteiger partial charge in [0.15, 0.2) is 0 Å². The van der Waals surface area contributed by atoms with Crippen molar-refractivity contribution >= 4 is 34.1 Å². The molecule has 0 bridgehead atoms. The molecule has 5 heteroatoms. The summed E-state index contributed by atoms with van der Waals surface area (Å²) >= 11 is 5.96. The summed E-state index contributed by atoms with van der Waals surface area (Å²) in [5.41, 5.74) is 1.99. The maximum atomic E-state index is 12.3. The van der Waals surface area contributed by atoms with Crippen molar-refractivity contribution in [3.05, 3.63) is 65.3 Å². The van der Waals surface area contributed by atoms with E-state index in [-0.39, 0.29) is 5.91 Å². The smallest absolute Gasteiger partial charge is 0.255 e. The number of nitrogens with zero attached hydrogens (tertiary/aromatic N) is 1. The third-order valence-electron chi connectivity index (χ3n) is 3.31. The maximum absolute atomic E-state index is 12.3. The number of amides is 1. The Hall–Kier alpha value is -2.59. The normalized spacial score (nSPS) is 10.5. The molecule has 22 heavy (non-hydrogen) atoms. The van der Waals surface area contributed by atoms with Gasteiger partial charge >= 0.3 is 0 Å². The fourth-order valence-corrected chi connectivity index (χ4v) is 2.33. The summed E-state index contributed by atoms with van der Waals surface area (Å²) < 4.78 is 5.08. The van der Waals surface area contributed by atoms with Crippen LogP contribution in [0.4, 0.5) is 5.69 Å². The Balaban J connectivity index is 1.90. The third-order valence-corrected chi connectivity index (χ3v) is 3.54. The molecule has 0 atom stereocenters. The standard InChI is InChI=1S/C17H13ClN2O2/c1-22-13-5-2-11(3-6-13)17(21)20-15-8-9-19-16-10-12(18)4-7-14(15)16/h2-10H,1H3,(H,19,20,21). The average molecular weight is 313 g/mol. The van der Waals surface area contributed by atoms with E-state index in [1.54, 1.807) is 55.8 Å². The lowest BCUT2D eigenvalue weighted by atomic mass is 10.1. The van der Waals surface area contributed by atoms with Crippen LogP contribution in [0.25, 0.3) is 10.9 Å². The van der Waals surface area contributed by atoms with Crippen LogP contribution < -0.4 is 10.1 Å². The zero-order chi connectivity index (χ0) is 15.5. The molecule has 3 aromatic rings. The molecule has 0 spiro atoms. The predicted molar refractivity (Wildman–Crippen MR) is 87.7 cm³/mol. The summed E-state index contributed by atoms with van der Waals surface area (Å²) in [6, 6.07) is 14.1. The number of ether oxygens (including phenoxy) is 1. The first-order valence-electron chi connectivity index (χ1n) is 6.67. The maximum Gasteiger partial charge on any atom is 0.255 e. The van der Waals surface area contributed by atoms with Gasteiger partial charge in [-0.1, -0.05) is 11.6 Å². The van der Waals surface area contributed by atoms with Crippen LogP contribution in [-0.2, 0) is 0 Å². The second kappa shape index (κ2) is 6.03. The van der Waals surface area contributed by atoms with Crippen LogP contribution in [-0.4, -0.2) is 18.0 Å². The van der Waals surface area contributed by atoms with E-state index in [1.807, 2.05) is 6.07 Å². The molecule has 0 fully saturated rings. The lowest BCUT2D eigenvalue weighted by Gasteiger charge is -2.09. The minimum absolute atomic E-state index is 0.190. The fraction of sp³-hybridized carbons (Fsp3) is 0.0588. The summed E-state index contributed by atoms with van der Waals surface area (Å²) in [6.45, 7) is 0. The van der Waals surface area contributed by atoms with Gasteiger partial charge in [0.1, 0.15) is 5.75 Å². The van der Waals surface area contributed by atoms with Gasteiger partial charge in [-0.25, -0.2) is 0 Å². The van der Waals surface area contributed by atoms with Gasteiger partial charge in [-0.15, -0.1) is 0 Å². The van der Waals surface area contributed by atoms with E-state index in [4.69, 9.17) is 16.3 Å². The summed E-state index contributed by atoms with van der Waals surface area (Å²) in [7, 11) is 1.59. The Morgan fingerprint density at radius 2 is 1.91 bits per heavy atom. The molecule has 1 heterocycles. The van der Waals surface area contributed by atoms with Crippen molar-refractivity contribution in [1.29, 1.82) is 0 Å². The number of aromatic nitrogens is 1. The summed E-state index contributed by atoms with van der Waals surface area (Å²) in [5.74, 6) is 0.519. The number of anilines is 1. The van der Waals surface area contributed by atoms with Crippen LogP contribution in [0.15, 0.2) is 54.7 Å². The van der Waals surface area contributed by atoms with E-state index in [9.17, 15) is 4.79 Å². The Labute approximate surface area is 132 Å². The van der Waals surface area contributed by atoms with Crippen LogP contribution in [0.5, 0.6) is 5.75 Å². The first-order chi connectivity index (χ1) is 10.7. The van der Waals surface area contributed by atoms with Gasteiger partial charge in [0.2, 0.25) is 0 Å². The zero-order valence-corrected chi connectivity index (χ0v) is 12.6. The van der Waals surface area contributed by atoms with Crippen molar-refractivity contribution in [2.24, 2.45) is 0 Å². The van der Waals surface area contributed by atoms with E-state index in [1.165, 1.54) is 0 Å². The average Bonchev–Trinajstić information content (AvgIpc) is 2.55. The summed E-state index contributed by atoms with van der Waals surface area (Å²) in [6.07, 6.45) is 1.64. The topological polar surface area (TPSA) is 51.2 Å². The molecule has 3 rings (SSSR count). The van der Waals surface area contributed by atoms with Crippen molar-refractivity contribution in [3.63, 3.8) is 0 Å². The summed E-state index contributed by atoms with van der Waals surface area (Å²) in [4.78, 5) is 16.6. The minimum atomic E-state index is -0.190. The lowest BCUT2D eigenvalue weighted by Crippen LogP contribution is -2.12. The second-order valence-corrected chi connectivity index (χ2v) is 5.14. The highest BCUT2D eigenvalue weighted by Gasteiger charge is 2.09. The molecular weight excluding hydrogens is 300 g/mol. The Bertz CT molecular complexity index is 832. The molecule has 0 aliphatic carbocycles.